The van der Waals surface area contributed by atoms with Gasteiger partial charge in [-0.1, -0.05) is 19.3 Å². The largest absolute Gasteiger partial charge is 0.475 e. The summed E-state index contributed by atoms with van der Waals surface area (Å²) in [5, 5.41) is 5.37. The average molecular weight is 399 g/mol. The number of anilines is 2. The Morgan fingerprint density at radius 2 is 1.86 bits per heavy atom. The summed E-state index contributed by atoms with van der Waals surface area (Å²) in [6, 6.07) is 7.33. The molecule has 1 aromatic heterocycles. The molecule has 7 heteroatoms. The molecule has 3 rings (SSSR count). The first-order valence-corrected chi connectivity index (χ1v) is 9.97. The van der Waals surface area contributed by atoms with Crippen LogP contribution in [0.4, 0.5) is 15.8 Å². The van der Waals surface area contributed by atoms with Gasteiger partial charge in [-0.3, -0.25) is 9.59 Å². The number of aromatic nitrogens is 1. The van der Waals surface area contributed by atoms with Gasteiger partial charge >= 0.3 is 0 Å². The van der Waals surface area contributed by atoms with E-state index < -0.39 is 5.82 Å². The fraction of sp³-hybridized carbons (Fsp3) is 0.409. The third-order valence-corrected chi connectivity index (χ3v) is 4.81. The topological polar surface area (TPSA) is 80.3 Å². The van der Waals surface area contributed by atoms with Crippen molar-refractivity contribution >= 4 is 23.2 Å². The standard InChI is InChI=1S/C22H26FN3O3/c1-14(2)29-20-11-8-16(13-24-20)22(28)25-17-9-10-18(23)19(12-17)26-21(27)15-6-4-3-5-7-15/h8-15H,3-7H2,1-2H3,(H,25,28)(H,26,27). The Labute approximate surface area is 169 Å². The molecule has 0 aliphatic heterocycles. The molecule has 0 spiro atoms. The highest BCUT2D eigenvalue weighted by molar-refractivity contribution is 6.04. The number of carbonyl (C=O) groups excluding carboxylic acids is 2. The maximum absolute atomic E-state index is 14.2. The van der Waals surface area contributed by atoms with E-state index in [1.807, 2.05) is 13.8 Å². The van der Waals surface area contributed by atoms with Gasteiger partial charge in [0.15, 0.2) is 0 Å². The Bertz CT molecular complexity index is 862. The molecule has 2 aromatic rings. The molecule has 0 unspecified atom stereocenters. The van der Waals surface area contributed by atoms with Crippen LogP contribution in [0.15, 0.2) is 36.5 Å². The number of ether oxygens (including phenoxy) is 1. The quantitative estimate of drug-likeness (QED) is 0.733. The maximum Gasteiger partial charge on any atom is 0.257 e. The second-order valence-electron chi connectivity index (χ2n) is 7.52. The number of rotatable bonds is 6. The summed E-state index contributed by atoms with van der Waals surface area (Å²) in [5.41, 5.74) is 0.799. The second-order valence-corrected chi connectivity index (χ2v) is 7.52. The maximum atomic E-state index is 14.2. The number of nitrogens with one attached hydrogen (secondary N) is 2. The van der Waals surface area contributed by atoms with Crippen LogP contribution in [-0.2, 0) is 4.79 Å². The van der Waals surface area contributed by atoms with Crippen LogP contribution in [0, 0.1) is 11.7 Å². The molecule has 2 amide bonds. The summed E-state index contributed by atoms with van der Waals surface area (Å²) in [7, 11) is 0. The number of amides is 2. The van der Waals surface area contributed by atoms with Gasteiger partial charge < -0.3 is 15.4 Å². The predicted octanol–water partition coefficient (Wildman–Crippen LogP) is 4.78. The van der Waals surface area contributed by atoms with Crippen LogP contribution in [0.1, 0.15) is 56.3 Å². The second kappa shape index (κ2) is 9.49. The highest BCUT2D eigenvalue weighted by Gasteiger charge is 2.22. The minimum absolute atomic E-state index is 0.0105. The van der Waals surface area contributed by atoms with Crippen molar-refractivity contribution in [2.45, 2.75) is 52.1 Å². The molecule has 1 aliphatic rings. The molecule has 1 heterocycles. The third kappa shape index (κ3) is 5.76. The summed E-state index contributed by atoms with van der Waals surface area (Å²) in [5.74, 6) is -0.740. The van der Waals surface area contributed by atoms with Crippen molar-refractivity contribution in [3.05, 3.63) is 47.9 Å². The summed E-state index contributed by atoms with van der Waals surface area (Å²) in [6.45, 7) is 3.78. The Hall–Kier alpha value is -2.96. The SMILES string of the molecule is CC(C)Oc1ccc(C(=O)Nc2ccc(F)c(NC(=O)C3CCCCC3)c2)cn1. The molecule has 1 aromatic carbocycles. The van der Waals surface area contributed by atoms with Gasteiger partial charge in [-0.15, -0.1) is 0 Å². The van der Waals surface area contributed by atoms with Gasteiger partial charge in [0, 0.05) is 23.9 Å². The van der Waals surface area contributed by atoms with Gasteiger partial charge in [-0.25, -0.2) is 9.37 Å². The Morgan fingerprint density at radius 1 is 1.10 bits per heavy atom. The first-order chi connectivity index (χ1) is 13.9. The van der Waals surface area contributed by atoms with Crippen LogP contribution >= 0.6 is 0 Å². The van der Waals surface area contributed by atoms with Gasteiger partial charge in [-0.05, 0) is 51.0 Å². The molecule has 0 bridgehead atoms. The predicted molar refractivity (Wildman–Crippen MR) is 110 cm³/mol. The lowest BCUT2D eigenvalue weighted by molar-refractivity contribution is -0.120. The van der Waals surface area contributed by atoms with E-state index in [2.05, 4.69) is 15.6 Å². The Kier molecular flexibility index (Phi) is 6.80. The molecule has 0 atom stereocenters. The monoisotopic (exact) mass is 399 g/mol. The summed E-state index contributed by atoms with van der Waals surface area (Å²) in [6.07, 6.45) is 6.24. The van der Waals surface area contributed by atoms with Crippen LogP contribution in [0.3, 0.4) is 0 Å². The first-order valence-electron chi connectivity index (χ1n) is 9.97. The van der Waals surface area contributed by atoms with E-state index in [4.69, 9.17) is 4.74 Å². The van der Waals surface area contributed by atoms with E-state index in [1.165, 1.54) is 24.4 Å². The van der Waals surface area contributed by atoms with Gasteiger partial charge in [-0.2, -0.15) is 0 Å². The van der Waals surface area contributed by atoms with Crippen LogP contribution in [-0.4, -0.2) is 22.9 Å². The van der Waals surface area contributed by atoms with E-state index in [-0.39, 0.29) is 29.5 Å². The van der Waals surface area contributed by atoms with Gasteiger partial charge in [0.25, 0.3) is 5.91 Å². The molecule has 1 fully saturated rings. The van der Waals surface area contributed by atoms with Crippen LogP contribution in [0.5, 0.6) is 5.88 Å². The number of benzene rings is 1. The molecule has 2 N–H and O–H groups in total. The highest BCUT2D eigenvalue weighted by atomic mass is 19.1. The van der Waals surface area contributed by atoms with Crippen molar-refractivity contribution in [3.8, 4) is 5.88 Å². The zero-order chi connectivity index (χ0) is 20.8. The minimum atomic E-state index is -0.538. The fourth-order valence-corrected chi connectivity index (χ4v) is 3.33. The lowest BCUT2D eigenvalue weighted by atomic mass is 9.88. The van der Waals surface area contributed by atoms with Crippen molar-refractivity contribution in [2.24, 2.45) is 5.92 Å². The normalized spacial score (nSPS) is 14.5. The van der Waals surface area contributed by atoms with E-state index in [0.717, 1.165) is 32.1 Å². The smallest absolute Gasteiger partial charge is 0.257 e. The highest BCUT2D eigenvalue weighted by Crippen LogP contribution is 2.26. The van der Waals surface area contributed by atoms with Crippen molar-refractivity contribution in [3.63, 3.8) is 0 Å². The lowest BCUT2D eigenvalue weighted by Gasteiger charge is -2.21. The van der Waals surface area contributed by atoms with Crippen molar-refractivity contribution in [1.82, 2.24) is 4.98 Å². The number of halogens is 1. The zero-order valence-corrected chi connectivity index (χ0v) is 16.7. The number of carbonyl (C=O) groups is 2. The Morgan fingerprint density at radius 3 is 2.52 bits per heavy atom. The van der Waals surface area contributed by atoms with Crippen molar-refractivity contribution in [2.75, 3.05) is 10.6 Å². The summed E-state index contributed by atoms with van der Waals surface area (Å²) in [4.78, 5) is 28.9. The number of nitrogens with zero attached hydrogens (tertiary/aromatic N) is 1. The van der Waals surface area contributed by atoms with Crippen LogP contribution in [0.25, 0.3) is 0 Å². The Balaban J connectivity index is 1.65. The van der Waals surface area contributed by atoms with E-state index in [0.29, 0.717) is 17.1 Å². The molecule has 154 valence electrons. The third-order valence-electron chi connectivity index (χ3n) is 4.81. The molecule has 6 nitrogen and oxygen atoms in total. The van der Waals surface area contributed by atoms with E-state index in [1.54, 1.807) is 12.1 Å². The lowest BCUT2D eigenvalue weighted by Crippen LogP contribution is -2.25. The molecule has 0 radical (unpaired) electrons. The average Bonchev–Trinajstić information content (AvgIpc) is 2.71. The molecule has 29 heavy (non-hydrogen) atoms. The number of pyridine rings is 1. The van der Waals surface area contributed by atoms with Crippen LogP contribution in [0.2, 0.25) is 0 Å². The molecular formula is C22H26FN3O3. The minimum Gasteiger partial charge on any atom is -0.475 e. The number of hydrogen-bond acceptors (Lipinski definition) is 4. The van der Waals surface area contributed by atoms with Gasteiger partial charge in [0.1, 0.15) is 5.82 Å². The van der Waals surface area contributed by atoms with Gasteiger partial charge in [0.05, 0.1) is 17.4 Å². The van der Waals surface area contributed by atoms with E-state index >= 15 is 0 Å². The molecular weight excluding hydrogens is 373 g/mol. The first kappa shape index (κ1) is 20.8. The van der Waals surface area contributed by atoms with Crippen molar-refractivity contribution in [1.29, 1.82) is 0 Å². The molecule has 0 saturated heterocycles. The van der Waals surface area contributed by atoms with Crippen LogP contribution < -0.4 is 15.4 Å². The summed E-state index contributed by atoms with van der Waals surface area (Å²) >= 11 is 0. The molecule has 1 aliphatic carbocycles. The zero-order valence-electron chi connectivity index (χ0n) is 16.7. The molecule has 1 saturated carbocycles. The van der Waals surface area contributed by atoms with Crippen molar-refractivity contribution < 1.29 is 18.7 Å². The number of hydrogen-bond donors (Lipinski definition) is 2. The summed E-state index contributed by atoms with van der Waals surface area (Å²) < 4.78 is 19.6. The van der Waals surface area contributed by atoms with Gasteiger partial charge in [0.2, 0.25) is 11.8 Å². The fourth-order valence-electron chi connectivity index (χ4n) is 3.33. The van der Waals surface area contributed by atoms with E-state index in [9.17, 15) is 14.0 Å².